The number of nitrogens with zero attached hydrogens (tertiary/aromatic N) is 3. The number of rotatable bonds is 4. The van der Waals surface area contributed by atoms with Gasteiger partial charge in [0.1, 0.15) is 0 Å². The first kappa shape index (κ1) is 15.3. The first-order chi connectivity index (χ1) is 11.1. The van der Waals surface area contributed by atoms with E-state index in [1.165, 1.54) is 0 Å². The van der Waals surface area contributed by atoms with E-state index >= 15 is 0 Å². The monoisotopic (exact) mass is 313 g/mol. The summed E-state index contributed by atoms with van der Waals surface area (Å²) in [6.07, 6.45) is 4.67. The molecule has 0 spiro atoms. The van der Waals surface area contributed by atoms with E-state index in [1.54, 1.807) is 21.9 Å². The van der Waals surface area contributed by atoms with Gasteiger partial charge in [0.05, 0.1) is 12.5 Å². The van der Waals surface area contributed by atoms with Gasteiger partial charge >= 0.3 is 5.97 Å². The zero-order valence-electron chi connectivity index (χ0n) is 12.8. The molecule has 1 N–H and O–H groups in total. The fraction of sp³-hybridized carbons (Fsp3) is 0.353. The number of carbonyl (C=O) groups is 1. The van der Waals surface area contributed by atoms with Gasteiger partial charge in [0.15, 0.2) is 5.82 Å². The zero-order chi connectivity index (χ0) is 16.2. The molecule has 0 radical (unpaired) electrons. The SMILES string of the molecule is O=C(O)[C@@H]1CCCN(c2nccn(Cc3ccccc3)c2=O)C1. The maximum absolute atomic E-state index is 12.7. The van der Waals surface area contributed by atoms with Crippen molar-refractivity contribution < 1.29 is 9.90 Å². The number of piperidine rings is 1. The van der Waals surface area contributed by atoms with Crippen LogP contribution in [0.1, 0.15) is 18.4 Å². The Morgan fingerprint density at radius 1 is 1.30 bits per heavy atom. The van der Waals surface area contributed by atoms with Crippen molar-refractivity contribution in [1.29, 1.82) is 0 Å². The zero-order valence-corrected chi connectivity index (χ0v) is 12.8. The topological polar surface area (TPSA) is 75.4 Å². The van der Waals surface area contributed by atoms with Gasteiger partial charge in [0, 0.05) is 25.5 Å². The summed E-state index contributed by atoms with van der Waals surface area (Å²) in [5.41, 5.74) is 0.858. The lowest BCUT2D eigenvalue weighted by atomic mass is 9.98. The van der Waals surface area contributed by atoms with Gasteiger partial charge < -0.3 is 14.6 Å². The molecule has 6 nitrogen and oxygen atoms in total. The molecule has 2 heterocycles. The summed E-state index contributed by atoms with van der Waals surface area (Å²) in [6.45, 7) is 1.49. The van der Waals surface area contributed by atoms with Crippen LogP contribution in [0.4, 0.5) is 5.82 Å². The minimum absolute atomic E-state index is 0.178. The number of benzene rings is 1. The Morgan fingerprint density at radius 2 is 2.09 bits per heavy atom. The number of hydrogen-bond acceptors (Lipinski definition) is 4. The molecule has 23 heavy (non-hydrogen) atoms. The molecular weight excluding hydrogens is 294 g/mol. The maximum Gasteiger partial charge on any atom is 0.308 e. The number of hydrogen-bond donors (Lipinski definition) is 1. The van der Waals surface area contributed by atoms with Crippen LogP contribution in [-0.2, 0) is 11.3 Å². The average Bonchev–Trinajstić information content (AvgIpc) is 2.58. The van der Waals surface area contributed by atoms with Gasteiger partial charge in [-0.15, -0.1) is 0 Å². The van der Waals surface area contributed by atoms with Crippen LogP contribution in [0.25, 0.3) is 0 Å². The van der Waals surface area contributed by atoms with Gasteiger partial charge in [0.2, 0.25) is 0 Å². The lowest BCUT2D eigenvalue weighted by Crippen LogP contribution is -2.42. The highest BCUT2D eigenvalue weighted by Gasteiger charge is 2.27. The molecule has 3 rings (SSSR count). The molecule has 1 saturated heterocycles. The van der Waals surface area contributed by atoms with Crippen molar-refractivity contribution in [3.8, 4) is 0 Å². The van der Waals surface area contributed by atoms with Crippen LogP contribution >= 0.6 is 0 Å². The predicted molar refractivity (Wildman–Crippen MR) is 86.6 cm³/mol. The molecule has 1 aliphatic rings. The molecule has 1 fully saturated rings. The van der Waals surface area contributed by atoms with Crippen LogP contribution in [-0.4, -0.2) is 33.7 Å². The van der Waals surface area contributed by atoms with Crippen molar-refractivity contribution in [2.24, 2.45) is 5.92 Å². The molecule has 6 heteroatoms. The third-order valence-corrected chi connectivity index (χ3v) is 4.16. The Balaban J connectivity index is 1.85. The molecule has 0 bridgehead atoms. The van der Waals surface area contributed by atoms with Gasteiger partial charge in [-0.1, -0.05) is 30.3 Å². The van der Waals surface area contributed by atoms with Gasteiger partial charge in [-0.2, -0.15) is 0 Å². The number of anilines is 1. The Hall–Kier alpha value is -2.63. The summed E-state index contributed by atoms with van der Waals surface area (Å²) in [5.74, 6) is -0.905. The van der Waals surface area contributed by atoms with E-state index in [-0.39, 0.29) is 5.56 Å². The quantitative estimate of drug-likeness (QED) is 0.928. The molecule has 0 saturated carbocycles. The maximum atomic E-state index is 12.7. The van der Waals surface area contributed by atoms with E-state index in [0.29, 0.717) is 31.9 Å². The van der Waals surface area contributed by atoms with Crippen LogP contribution in [0.2, 0.25) is 0 Å². The first-order valence-electron chi connectivity index (χ1n) is 7.72. The highest BCUT2D eigenvalue weighted by Crippen LogP contribution is 2.19. The van der Waals surface area contributed by atoms with Crippen molar-refractivity contribution in [2.45, 2.75) is 19.4 Å². The molecule has 0 aliphatic carbocycles. The number of aliphatic carboxylic acids is 1. The van der Waals surface area contributed by atoms with Crippen molar-refractivity contribution in [3.63, 3.8) is 0 Å². The second-order valence-corrected chi connectivity index (χ2v) is 5.79. The second kappa shape index (κ2) is 6.64. The van der Waals surface area contributed by atoms with Crippen LogP contribution in [0.5, 0.6) is 0 Å². The van der Waals surface area contributed by atoms with E-state index < -0.39 is 11.9 Å². The number of carboxylic acids is 1. The smallest absolute Gasteiger partial charge is 0.308 e. The summed E-state index contributed by atoms with van der Waals surface area (Å²) in [4.78, 5) is 29.8. The van der Waals surface area contributed by atoms with Crippen molar-refractivity contribution in [2.75, 3.05) is 18.0 Å². The number of carboxylic acid groups (broad SMARTS) is 1. The summed E-state index contributed by atoms with van der Waals surface area (Å²) < 4.78 is 1.61. The lowest BCUT2D eigenvalue weighted by molar-refractivity contribution is -0.141. The van der Waals surface area contributed by atoms with E-state index in [0.717, 1.165) is 12.0 Å². The molecule has 0 amide bonds. The number of aromatic nitrogens is 2. The van der Waals surface area contributed by atoms with E-state index in [2.05, 4.69) is 4.98 Å². The molecule has 1 aliphatic heterocycles. The van der Waals surface area contributed by atoms with E-state index in [9.17, 15) is 14.7 Å². The molecule has 2 aromatic rings. The van der Waals surface area contributed by atoms with Gasteiger partial charge in [-0.25, -0.2) is 4.98 Å². The minimum atomic E-state index is -0.810. The molecule has 120 valence electrons. The van der Waals surface area contributed by atoms with Gasteiger partial charge in [-0.05, 0) is 18.4 Å². The van der Waals surface area contributed by atoms with Crippen molar-refractivity contribution in [3.05, 3.63) is 58.6 Å². The second-order valence-electron chi connectivity index (χ2n) is 5.79. The standard InChI is InChI=1S/C17H19N3O3/c21-16-15(19-9-4-7-14(12-19)17(22)23)18-8-10-20(16)11-13-5-2-1-3-6-13/h1-3,5-6,8,10,14H,4,7,9,11-12H2,(H,22,23)/t14-/m1/s1. The van der Waals surface area contributed by atoms with Crippen LogP contribution < -0.4 is 10.5 Å². The van der Waals surface area contributed by atoms with Crippen LogP contribution in [0.15, 0.2) is 47.5 Å². The molecule has 0 unspecified atom stereocenters. The Kier molecular flexibility index (Phi) is 4.41. The normalized spacial score (nSPS) is 17.9. The third kappa shape index (κ3) is 3.41. The fourth-order valence-corrected chi connectivity index (χ4v) is 2.93. The molecule has 1 aromatic carbocycles. The summed E-state index contributed by atoms with van der Waals surface area (Å²) in [7, 11) is 0. The minimum Gasteiger partial charge on any atom is -0.481 e. The Labute approximate surface area is 134 Å². The lowest BCUT2D eigenvalue weighted by Gasteiger charge is -2.31. The molecule has 1 aromatic heterocycles. The van der Waals surface area contributed by atoms with Crippen LogP contribution in [0, 0.1) is 5.92 Å². The summed E-state index contributed by atoms with van der Waals surface area (Å²) in [6, 6.07) is 9.74. The van der Waals surface area contributed by atoms with Crippen LogP contribution in [0.3, 0.4) is 0 Å². The average molecular weight is 313 g/mol. The highest BCUT2D eigenvalue weighted by atomic mass is 16.4. The van der Waals surface area contributed by atoms with Crippen molar-refractivity contribution in [1.82, 2.24) is 9.55 Å². The van der Waals surface area contributed by atoms with Crippen molar-refractivity contribution >= 4 is 11.8 Å². The molecule has 1 atom stereocenters. The van der Waals surface area contributed by atoms with E-state index in [4.69, 9.17) is 0 Å². The largest absolute Gasteiger partial charge is 0.481 e. The summed E-state index contributed by atoms with van der Waals surface area (Å²) >= 11 is 0. The predicted octanol–water partition coefficient (Wildman–Crippen LogP) is 1.59. The summed E-state index contributed by atoms with van der Waals surface area (Å²) in [5, 5.41) is 9.19. The Bertz CT molecular complexity index is 742. The first-order valence-corrected chi connectivity index (χ1v) is 7.72. The fourth-order valence-electron chi connectivity index (χ4n) is 2.93. The highest BCUT2D eigenvalue weighted by molar-refractivity contribution is 5.71. The third-order valence-electron chi connectivity index (χ3n) is 4.16. The van der Waals surface area contributed by atoms with Gasteiger partial charge in [0.25, 0.3) is 5.56 Å². The van der Waals surface area contributed by atoms with Gasteiger partial charge in [-0.3, -0.25) is 9.59 Å². The van der Waals surface area contributed by atoms with E-state index in [1.807, 2.05) is 30.3 Å². The molecular formula is C17H19N3O3. The Morgan fingerprint density at radius 3 is 2.83 bits per heavy atom.